The number of halogens is 2. The van der Waals surface area contributed by atoms with Crippen molar-refractivity contribution in [3.63, 3.8) is 0 Å². The molecule has 1 rings (SSSR count). The largest absolute Gasteiger partial charge is 0.480 e. The van der Waals surface area contributed by atoms with E-state index in [2.05, 4.69) is 9.72 Å². The molecule has 0 unspecified atom stereocenters. The first kappa shape index (κ1) is 9.57. The van der Waals surface area contributed by atoms with Crippen molar-refractivity contribution in [2.75, 3.05) is 7.11 Å². The number of hydrogen-bond acceptors (Lipinski definition) is 3. The van der Waals surface area contributed by atoms with Crippen LogP contribution in [0.15, 0.2) is 18.3 Å². The van der Waals surface area contributed by atoms with Crippen molar-refractivity contribution in [3.8, 4) is 5.88 Å². The quantitative estimate of drug-likeness (QED) is 0.673. The number of ether oxygens (including phenoxy) is 1. The van der Waals surface area contributed by atoms with Gasteiger partial charge >= 0.3 is 6.43 Å². The van der Waals surface area contributed by atoms with Crippen molar-refractivity contribution in [2.24, 2.45) is 0 Å². The summed E-state index contributed by atoms with van der Waals surface area (Å²) in [4.78, 5) is 14.5. The second-order valence-corrected chi connectivity index (χ2v) is 2.23. The highest BCUT2D eigenvalue weighted by Crippen LogP contribution is 2.17. The molecule has 0 saturated heterocycles. The second-order valence-electron chi connectivity index (χ2n) is 2.23. The molecule has 0 N–H and O–H groups in total. The van der Waals surface area contributed by atoms with Gasteiger partial charge in [0.25, 0.3) is 0 Å². The first-order valence-corrected chi connectivity index (χ1v) is 3.48. The number of nitrogens with zero attached hydrogens (tertiary/aromatic N) is 1. The van der Waals surface area contributed by atoms with Crippen LogP contribution in [0, 0.1) is 0 Å². The molecule has 0 radical (unpaired) electrons. The molecule has 0 aliphatic carbocycles. The Morgan fingerprint density at radius 2 is 2.31 bits per heavy atom. The Balaban J connectivity index is 3.06. The first-order valence-electron chi connectivity index (χ1n) is 3.48. The van der Waals surface area contributed by atoms with Gasteiger partial charge in [0.1, 0.15) is 0 Å². The molecular weight excluding hydrogens is 180 g/mol. The molecule has 3 nitrogen and oxygen atoms in total. The fourth-order valence-corrected chi connectivity index (χ4v) is 0.859. The van der Waals surface area contributed by atoms with Crippen molar-refractivity contribution in [3.05, 3.63) is 23.9 Å². The molecule has 13 heavy (non-hydrogen) atoms. The number of Topliss-reactive ketones (excluding diaryl/α,β-unsaturated/α-hetero) is 1. The predicted molar refractivity (Wildman–Crippen MR) is 41.1 cm³/mol. The normalized spacial score (nSPS) is 10.2. The Morgan fingerprint density at radius 1 is 1.62 bits per heavy atom. The van der Waals surface area contributed by atoms with Crippen LogP contribution < -0.4 is 4.74 Å². The molecule has 0 aromatic carbocycles. The maximum absolute atomic E-state index is 12.0. The van der Waals surface area contributed by atoms with E-state index in [4.69, 9.17) is 0 Å². The summed E-state index contributed by atoms with van der Waals surface area (Å²) in [6, 6.07) is 2.65. The summed E-state index contributed by atoms with van der Waals surface area (Å²) in [5.41, 5.74) is -0.194. The third kappa shape index (κ3) is 1.99. The average Bonchev–Trinajstić information content (AvgIpc) is 2.16. The Kier molecular flexibility index (Phi) is 2.89. The highest BCUT2D eigenvalue weighted by atomic mass is 19.3. The van der Waals surface area contributed by atoms with Gasteiger partial charge in [0.2, 0.25) is 11.7 Å². The summed E-state index contributed by atoms with van der Waals surface area (Å²) < 4.78 is 28.6. The van der Waals surface area contributed by atoms with Crippen molar-refractivity contribution < 1.29 is 18.3 Å². The van der Waals surface area contributed by atoms with Gasteiger partial charge in [-0.3, -0.25) is 4.79 Å². The molecule has 0 amide bonds. The lowest BCUT2D eigenvalue weighted by atomic mass is 10.2. The van der Waals surface area contributed by atoms with E-state index in [0.29, 0.717) is 0 Å². The Hall–Kier alpha value is -1.52. The lowest BCUT2D eigenvalue weighted by Crippen LogP contribution is -2.12. The molecule has 0 atom stereocenters. The lowest BCUT2D eigenvalue weighted by Gasteiger charge is -2.04. The zero-order valence-electron chi connectivity index (χ0n) is 6.83. The third-order valence-corrected chi connectivity index (χ3v) is 1.43. The van der Waals surface area contributed by atoms with Crippen LogP contribution in [0.5, 0.6) is 5.88 Å². The van der Waals surface area contributed by atoms with Gasteiger partial charge in [-0.15, -0.1) is 0 Å². The van der Waals surface area contributed by atoms with E-state index in [1.54, 1.807) is 0 Å². The molecule has 0 saturated carbocycles. The van der Waals surface area contributed by atoms with E-state index >= 15 is 0 Å². The van der Waals surface area contributed by atoms with E-state index in [9.17, 15) is 13.6 Å². The first-order chi connectivity index (χ1) is 6.16. The van der Waals surface area contributed by atoms with Crippen molar-refractivity contribution in [1.29, 1.82) is 0 Å². The highest BCUT2D eigenvalue weighted by molar-refractivity contribution is 6.00. The molecule has 1 heterocycles. The molecule has 0 spiro atoms. The van der Waals surface area contributed by atoms with E-state index in [1.807, 2.05) is 0 Å². The van der Waals surface area contributed by atoms with Crippen LogP contribution >= 0.6 is 0 Å². The minimum absolute atomic E-state index is 0.0761. The average molecular weight is 187 g/mol. The van der Waals surface area contributed by atoms with Crippen LogP contribution in [-0.4, -0.2) is 24.3 Å². The summed E-state index contributed by atoms with van der Waals surface area (Å²) >= 11 is 0. The molecule has 0 fully saturated rings. The number of methoxy groups -OCH3 is 1. The van der Waals surface area contributed by atoms with Crippen molar-refractivity contribution >= 4 is 5.78 Å². The third-order valence-electron chi connectivity index (χ3n) is 1.43. The smallest absolute Gasteiger partial charge is 0.300 e. The number of carbonyl (C=O) groups is 1. The molecule has 1 aromatic rings. The number of ketones is 1. The van der Waals surface area contributed by atoms with Gasteiger partial charge in [-0.2, -0.15) is 0 Å². The van der Waals surface area contributed by atoms with Crippen LogP contribution in [0.2, 0.25) is 0 Å². The minimum Gasteiger partial charge on any atom is -0.480 e. The van der Waals surface area contributed by atoms with Gasteiger partial charge in [0.05, 0.1) is 12.7 Å². The summed E-state index contributed by atoms with van der Waals surface area (Å²) in [5, 5.41) is 0. The van der Waals surface area contributed by atoms with Crippen LogP contribution in [0.4, 0.5) is 8.78 Å². The standard InChI is InChI=1S/C8H7F2NO2/c1-13-8-5(3-2-4-11-8)6(12)7(9)10/h2-4,7H,1H3. The molecule has 5 heteroatoms. The zero-order chi connectivity index (χ0) is 9.84. The maximum Gasteiger partial charge on any atom is 0.300 e. The minimum atomic E-state index is -3.03. The SMILES string of the molecule is COc1ncccc1C(=O)C(F)F. The van der Waals surface area contributed by atoms with E-state index in [1.165, 1.54) is 25.4 Å². The van der Waals surface area contributed by atoms with Crippen molar-refractivity contribution in [2.45, 2.75) is 6.43 Å². The van der Waals surface area contributed by atoms with Crippen LogP contribution in [-0.2, 0) is 0 Å². The van der Waals surface area contributed by atoms with Gasteiger partial charge < -0.3 is 4.74 Å². The highest BCUT2D eigenvalue weighted by Gasteiger charge is 2.21. The fraction of sp³-hybridized carbons (Fsp3) is 0.250. The topological polar surface area (TPSA) is 39.2 Å². The molecule has 0 aliphatic heterocycles. The summed E-state index contributed by atoms with van der Waals surface area (Å²) in [7, 11) is 1.27. The molecule has 70 valence electrons. The van der Waals surface area contributed by atoms with Crippen LogP contribution in [0.1, 0.15) is 10.4 Å². The van der Waals surface area contributed by atoms with Gasteiger partial charge in [0, 0.05) is 6.20 Å². The number of alkyl halides is 2. The molecular formula is C8H7F2NO2. The molecule has 1 aromatic heterocycles. The predicted octanol–water partition coefficient (Wildman–Crippen LogP) is 1.54. The van der Waals surface area contributed by atoms with Crippen molar-refractivity contribution in [1.82, 2.24) is 4.98 Å². The van der Waals surface area contributed by atoms with E-state index < -0.39 is 12.2 Å². The summed E-state index contributed by atoms with van der Waals surface area (Å²) in [5.74, 6) is -1.35. The second kappa shape index (κ2) is 3.93. The summed E-state index contributed by atoms with van der Waals surface area (Å²) in [6.07, 6.45) is -1.67. The number of aromatic nitrogens is 1. The Morgan fingerprint density at radius 3 is 2.85 bits per heavy atom. The van der Waals surface area contributed by atoms with Gasteiger partial charge in [0.15, 0.2) is 0 Å². The van der Waals surface area contributed by atoms with Gasteiger partial charge in [-0.25, -0.2) is 13.8 Å². The Bertz CT molecular complexity index is 315. The number of carbonyl (C=O) groups excluding carboxylic acids is 1. The van der Waals surface area contributed by atoms with E-state index in [-0.39, 0.29) is 11.4 Å². The lowest BCUT2D eigenvalue weighted by molar-refractivity contribution is 0.0674. The maximum atomic E-state index is 12.0. The Labute approximate surface area is 73.4 Å². The van der Waals surface area contributed by atoms with Crippen LogP contribution in [0.25, 0.3) is 0 Å². The fourth-order valence-electron chi connectivity index (χ4n) is 0.859. The zero-order valence-corrected chi connectivity index (χ0v) is 6.83. The molecule has 0 bridgehead atoms. The van der Waals surface area contributed by atoms with Gasteiger partial charge in [-0.05, 0) is 12.1 Å². The van der Waals surface area contributed by atoms with Crippen LogP contribution in [0.3, 0.4) is 0 Å². The monoisotopic (exact) mass is 187 g/mol. The van der Waals surface area contributed by atoms with E-state index in [0.717, 1.165) is 0 Å². The number of rotatable bonds is 3. The summed E-state index contributed by atoms with van der Waals surface area (Å²) in [6.45, 7) is 0. The van der Waals surface area contributed by atoms with Gasteiger partial charge in [-0.1, -0.05) is 0 Å². The number of pyridine rings is 1. The number of hydrogen-bond donors (Lipinski definition) is 0. The molecule has 0 aliphatic rings.